The van der Waals surface area contributed by atoms with E-state index in [2.05, 4.69) is 35.7 Å². The molecule has 4 aromatic rings. The van der Waals surface area contributed by atoms with Gasteiger partial charge in [-0.2, -0.15) is 0 Å². The number of ether oxygens (including phenoxy) is 1. The number of para-hydroxylation sites is 1. The largest absolute Gasteiger partial charge is 0.494 e. The van der Waals surface area contributed by atoms with Crippen molar-refractivity contribution >= 4 is 33.9 Å². The molecule has 2 aromatic carbocycles. The number of nitrogen functional groups attached to an aromatic ring is 1. The molecule has 1 aliphatic heterocycles. The van der Waals surface area contributed by atoms with E-state index >= 15 is 4.39 Å². The molecule has 0 spiro atoms. The Kier molecular flexibility index (Phi) is 6.40. The number of benzene rings is 2. The maximum absolute atomic E-state index is 15.0. The summed E-state index contributed by atoms with van der Waals surface area (Å²) in [4.78, 5) is 13.0. The second-order valence-electron chi connectivity index (χ2n) is 9.50. The number of methoxy groups -OCH3 is 1. The third-order valence-corrected chi connectivity index (χ3v) is 6.72. The minimum Gasteiger partial charge on any atom is -0.494 e. The third kappa shape index (κ3) is 4.42. The van der Waals surface area contributed by atoms with Gasteiger partial charge in [-0.3, -0.25) is 0 Å². The molecule has 0 bridgehead atoms. The van der Waals surface area contributed by atoms with Crippen LogP contribution in [0.3, 0.4) is 0 Å². The molecular weight excluding hydrogens is 457 g/mol. The number of aromatic nitrogens is 3. The first-order valence-electron chi connectivity index (χ1n) is 12.1. The Bertz CT molecular complexity index is 1420. The first kappa shape index (κ1) is 23.9. The van der Waals surface area contributed by atoms with E-state index in [-0.39, 0.29) is 11.6 Å². The van der Waals surface area contributed by atoms with Crippen LogP contribution in [0.4, 0.5) is 27.4 Å². The fourth-order valence-corrected chi connectivity index (χ4v) is 4.83. The summed E-state index contributed by atoms with van der Waals surface area (Å²) in [6.45, 7) is 2.62. The minimum atomic E-state index is -0.464. The summed E-state index contributed by atoms with van der Waals surface area (Å²) in [7, 11) is 7.67. The van der Waals surface area contributed by atoms with Crippen molar-refractivity contribution in [2.24, 2.45) is 0 Å². The van der Waals surface area contributed by atoms with Crippen LogP contribution in [-0.2, 0) is 13.0 Å². The van der Waals surface area contributed by atoms with Crippen molar-refractivity contribution in [2.45, 2.75) is 19.4 Å². The lowest BCUT2D eigenvalue weighted by Crippen LogP contribution is -2.29. The first-order chi connectivity index (χ1) is 17.4. The van der Waals surface area contributed by atoms with E-state index in [1.54, 1.807) is 13.2 Å². The molecule has 0 amide bonds. The third-order valence-electron chi connectivity index (χ3n) is 6.72. The molecule has 5 rings (SSSR count). The summed E-state index contributed by atoms with van der Waals surface area (Å²) < 4.78 is 22.9. The Labute approximate surface area is 210 Å². The average Bonchev–Trinajstić information content (AvgIpc) is 3.24. The van der Waals surface area contributed by atoms with Gasteiger partial charge < -0.3 is 30.2 Å². The standard InChI is InChI=1S/C27H32FN7O/c1-33(2)11-12-34(3)23-14-24(36-4)22(13-21(23)29)31-27-30-15-20(28)25(32-27)19-16-35-10-6-8-17-7-5-9-18(19)26(17)35/h5,7,9,13-16H,6,8,10-12,29H2,1-4H3,(H,30,31,32). The number of likely N-dealkylation sites (N-methyl/N-ethyl adjacent to an activating group) is 2. The summed E-state index contributed by atoms with van der Waals surface area (Å²) >= 11 is 0. The SMILES string of the molecule is COc1cc(N(C)CCN(C)C)c(N)cc1Nc1ncc(F)c(-c2cn3c4c(cccc24)CCC3)n1. The van der Waals surface area contributed by atoms with Crippen LogP contribution >= 0.6 is 0 Å². The van der Waals surface area contributed by atoms with Crippen LogP contribution in [0.5, 0.6) is 5.75 Å². The molecule has 2 aromatic heterocycles. The zero-order chi connectivity index (χ0) is 25.4. The normalized spacial score (nSPS) is 12.8. The fraction of sp³-hybridized carbons (Fsp3) is 0.333. The second kappa shape index (κ2) is 9.66. The van der Waals surface area contributed by atoms with E-state index in [1.165, 1.54) is 11.8 Å². The summed E-state index contributed by atoms with van der Waals surface area (Å²) in [5, 5.41) is 4.19. The van der Waals surface area contributed by atoms with Gasteiger partial charge in [0.05, 0.1) is 35.9 Å². The van der Waals surface area contributed by atoms with Gasteiger partial charge in [-0.05, 0) is 38.6 Å². The maximum atomic E-state index is 15.0. The Hall–Kier alpha value is -3.85. The van der Waals surface area contributed by atoms with Crippen molar-refractivity contribution in [1.82, 2.24) is 19.4 Å². The summed E-state index contributed by atoms with van der Waals surface area (Å²) in [5.74, 6) is 0.399. The van der Waals surface area contributed by atoms with Crippen LogP contribution in [0, 0.1) is 5.82 Å². The van der Waals surface area contributed by atoms with Crippen LogP contribution < -0.4 is 20.7 Å². The quantitative estimate of drug-likeness (QED) is 0.352. The van der Waals surface area contributed by atoms with Gasteiger partial charge in [0.1, 0.15) is 11.4 Å². The summed E-state index contributed by atoms with van der Waals surface area (Å²) in [6, 6.07) is 9.89. The minimum absolute atomic E-state index is 0.266. The number of nitrogens with one attached hydrogen (secondary N) is 1. The molecule has 9 heteroatoms. The highest BCUT2D eigenvalue weighted by molar-refractivity contribution is 5.97. The van der Waals surface area contributed by atoms with E-state index in [4.69, 9.17) is 10.5 Å². The number of hydrogen-bond donors (Lipinski definition) is 2. The molecule has 188 valence electrons. The molecule has 0 aliphatic carbocycles. The van der Waals surface area contributed by atoms with Crippen LogP contribution in [0.2, 0.25) is 0 Å². The van der Waals surface area contributed by atoms with Gasteiger partial charge >= 0.3 is 0 Å². The van der Waals surface area contributed by atoms with E-state index in [1.807, 2.05) is 45.5 Å². The number of hydrogen-bond acceptors (Lipinski definition) is 7. The first-order valence-corrected chi connectivity index (χ1v) is 12.1. The molecule has 0 saturated carbocycles. The van der Waals surface area contributed by atoms with Gasteiger partial charge in [0.15, 0.2) is 5.82 Å². The van der Waals surface area contributed by atoms with Gasteiger partial charge in [-0.25, -0.2) is 14.4 Å². The highest BCUT2D eigenvalue weighted by Crippen LogP contribution is 2.38. The molecule has 3 N–H and O–H groups in total. The van der Waals surface area contributed by atoms with Gasteiger partial charge in [0, 0.05) is 49.9 Å². The van der Waals surface area contributed by atoms with Crippen LogP contribution in [-0.4, -0.2) is 60.8 Å². The van der Waals surface area contributed by atoms with Crippen molar-refractivity contribution in [1.29, 1.82) is 0 Å². The predicted molar refractivity (Wildman–Crippen MR) is 144 cm³/mol. The second-order valence-corrected chi connectivity index (χ2v) is 9.50. The number of nitrogens with two attached hydrogens (primary N) is 1. The van der Waals surface area contributed by atoms with Crippen molar-refractivity contribution in [3.05, 3.63) is 54.1 Å². The molecular formula is C27H32FN7O. The number of aryl methyl sites for hydroxylation is 2. The number of nitrogens with zero attached hydrogens (tertiary/aromatic N) is 5. The topological polar surface area (TPSA) is 84.5 Å². The molecule has 0 unspecified atom stereocenters. The van der Waals surface area contributed by atoms with Crippen molar-refractivity contribution in [3.8, 4) is 17.0 Å². The van der Waals surface area contributed by atoms with Gasteiger partial charge in [-0.1, -0.05) is 18.2 Å². The molecule has 0 saturated heterocycles. The maximum Gasteiger partial charge on any atom is 0.228 e. The summed E-state index contributed by atoms with van der Waals surface area (Å²) in [6.07, 6.45) is 5.30. The Morgan fingerprint density at radius 3 is 2.81 bits per heavy atom. The monoisotopic (exact) mass is 489 g/mol. The zero-order valence-electron chi connectivity index (χ0n) is 21.2. The van der Waals surface area contributed by atoms with Gasteiger partial charge in [-0.15, -0.1) is 0 Å². The van der Waals surface area contributed by atoms with Gasteiger partial charge in [0.2, 0.25) is 5.95 Å². The van der Waals surface area contributed by atoms with E-state index in [0.717, 1.165) is 54.6 Å². The smallest absolute Gasteiger partial charge is 0.228 e. The number of rotatable bonds is 8. The molecule has 0 radical (unpaired) electrons. The van der Waals surface area contributed by atoms with Crippen molar-refractivity contribution in [2.75, 3.05) is 57.3 Å². The number of anilines is 4. The van der Waals surface area contributed by atoms with Crippen molar-refractivity contribution < 1.29 is 9.13 Å². The average molecular weight is 490 g/mol. The lowest BCUT2D eigenvalue weighted by atomic mass is 10.0. The highest BCUT2D eigenvalue weighted by atomic mass is 19.1. The van der Waals surface area contributed by atoms with E-state index < -0.39 is 5.82 Å². The van der Waals surface area contributed by atoms with Crippen LogP contribution in [0.1, 0.15) is 12.0 Å². The number of halogens is 1. The summed E-state index contributed by atoms with van der Waals surface area (Å²) in [5.41, 5.74) is 11.9. The zero-order valence-corrected chi connectivity index (χ0v) is 21.2. The Balaban J connectivity index is 1.49. The molecule has 1 aliphatic rings. The Morgan fingerprint density at radius 2 is 2.03 bits per heavy atom. The van der Waals surface area contributed by atoms with Crippen LogP contribution in [0.25, 0.3) is 22.2 Å². The van der Waals surface area contributed by atoms with Crippen molar-refractivity contribution in [3.63, 3.8) is 0 Å². The Morgan fingerprint density at radius 1 is 1.19 bits per heavy atom. The van der Waals surface area contributed by atoms with Gasteiger partial charge in [0.25, 0.3) is 0 Å². The molecule has 8 nitrogen and oxygen atoms in total. The highest BCUT2D eigenvalue weighted by Gasteiger charge is 2.21. The molecule has 0 fully saturated rings. The fourth-order valence-electron chi connectivity index (χ4n) is 4.83. The van der Waals surface area contributed by atoms with Crippen LogP contribution in [0.15, 0.2) is 42.7 Å². The van der Waals surface area contributed by atoms with E-state index in [9.17, 15) is 0 Å². The molecule has 36 heavy (non-hydrogen) atoms. The molecule has 3 heterocycles. The predicted octanol–water partition coefficient (Wildman–Crippen LogP) is 4.52. The lowest BCUT2D eigenvalue weighted by molar-refractivity contribution is 0.413. The van der Waals surface area contributed by atoms with E-state index in [0.29, 0.717) is 17.1 Å². The lowest BCUT2D eigenvalue weighted by Gasteiger charge is -2.24. The molecule has 0 atom stereocenters.